The van der Waals surface area contributed by atoms with E-state index in [1.54, 1.807) is 0 Å². The molecule has 0 bridgehead atoms. The number of amides is 1. The van der Waals surface area contributed by atoms with Crippen molar-refractivity contribution in [3.8, 4) is 0 Å². The summed E-state index contributed by atoms with van der Waals surface area (Å²) >= 11 is 0. The lowest BCUT2D eigenvalue weighted by Crippen LogP contribution is -2.35. The Hall–Kier alpha value is -2.75. The van der Waals surface area contributed by atoms with Crippen molar-refractivity contribution in [2.75, 3.05) is 26.8 Å². The fourth-order valence-corrected chi connectivity index (χ4v) is 3.69. The zero-order valence-electron chi connectivity index (χ0n) is 16.3. The summed E-state index contributed by atoms with van der Waals surface area (Å²) in [6.07, 6.45) is 0. The van der Waals surface area contributed by atoms with Gasteiger partial charge in [0.2, 0.25) is 10.0 Å². The van der Waals surface area contributed by atoms with Gasteiger partial charge in [0.25, 0.3) is 5.91 Å². The smallest absolute Gasteiger partial charge is 0.323 e. The van der Waals surface area contributed by atoms with Gasteiger partial charge in [0.15, 0.2) is 0 Å². The molecule has 2 N–H and O–H groups in total. The molecule has 29 heavy (non-hydrogen) atoms. The quantitative estimate of drug-likeness (QED) is 0.565. The maximum Gasteiger partial charge on any atom is 0.323 e. The minimum absolute atomic E-state index is 0.00819. The van der Waals surface area contributed by atoms with E-state index in [0.29, 0.717) is 0 Å². The number of nitrogens with zero attached hydrogens (tertiary/aromatic N) is 1. The van der Waals surface area contributed by atoms with E-state index in [0.717, 1.165) is 11.1 Å². The second-order valence-corrected chi connectivity index (χ2v) is 8.16. The standard InChI is InChI=1S/C20H24N2O6S/c1-15-5-3-4-6-17(15)13-22(14-19(23)24)20(25)16-7-9-18(10-8-16)29(26,27)21-11-12-28-2/h3-10,21H,11-14H2,1-2H3,(H,23,24). The number of carbonyl (C=O) groups is 2. The van der Waals surface area contributed by atoms with Crippen LogP contribution in [0.5, 0.6) is 0 Å². The summed E-state index contributed by atoms with van der Waals surface area (Å²) in [6.45, 7) is 1.92. The number of aliphatic carboxylic acids is 1. The second kappa shape index (κ2) is 10.1. The Bertz CT molecular complexity index is 957. The van der Waals surface area contributed by atoms with Crippen LogP contribution in [0.25, 0.3) is 0 Å². The van der Waals surface area contributed by atoms with Crippen molar-refractivity contribution in [1.29, 1.82) is 0 Å². The zero-order valence-corrected chi connectivity index (χ0v) is 17.1. The molecule has 0 fully saturated rings. The van der Waals surface area contributed by atoms with Crippen LogP contribution in [0.3, 0.4) is 0 Å². The summed E-state index contributed by atoms with van der Waals surface area (Å²) in [5.74, 6) is -1.62. The summed E-state index contributed by atoms with van der Waals surface area (Å²) in [5, 5.41) is 9.19. The molecule has 0 aliphatic carbocycles. The Kier molecular flexibility index (Phi) is 7.89. The van der Waals surface area contributed by atoms with E-state index < -0.39 is 28.4 Å². The van der Waals surface area contributed by atoms with E-state index in [2.05, 4.69) is 4.72 Å². The van der Waals surface area contributed by atoms with E-state index in [9.17, 15) is 23.1 Å². The molecular formula is C20H24N2O6S. The van der Waals surface area contributed by atoms with Gasteiger partial charge in [-0.3, -0.25) is 9.59 Å². The number of ether oxygens (including phenoxy) is 1. The molecule has 8 nitrogen and oxygen atoms in total. The van der Waals surface area contributed by atoms with Crippen LogP contribution < -0.4 is 4.72 Å². The van der Waals surface area contributed by atoms with Crippen molar-refractivity contribution in [2.45, 2.75) is 18.4 Å². The first-order chi connectivity index (χ1) is 13.7. The third kappa shape index (κ3) is 6.38. The highest BCUT2D eigenvalue weighted by Crippen LogP contribution is 2.16. The molecule has 2 aromatic rings. The highest BCUT2D eigenvalue weighted by atomic mass is 32.2. The molecule has 0 aliphatic rings. The number of rotatable bonds is 10. The van der Waals surface area contributed by atoms with Gasteiger partial charge < -0.3 is 14.7 Å². The summed E-state index contributed by atoms with van der Waals surface area (Å²) < 4.78 is 31.6. The number of aryl methyl sites for hydroxylation is 1. The van der Waals surface area contributed by atoms with Gasteiger partial charge in [0, 0.05) is 25.8 Å². The summed E-state index contributed by atoms with van der Waals surface area (Å²) in [5.41, 5.74) is 1.98. The first kappa shape index (κ1) is 22.5. The van der Waals surface area contributed by atoms with E-state index in [1.165, 1.54) is 36.3 Å². The highest BCUT2D eigenvalue weighted by Gasteiger charge is 2.21. The SMILES string of the molecule is COCCNS(=O)(=O)c1ccc(C(=O)N(CC(=O)O)Cc2ccccc2C)cc1. The van der Waals surface area contributed by atoms with Crippen molar-refractivity contribution >= 4 is 21.9 Å². The van der Waals surface area contributed by atoms with Gasteiger partial charge in [-0.1, -0.05) is 24.3 Å². The number of hydrogen-bond donors (Lipinski definition) is 2. The Morgan fingerprint density at radius 3 is 2.34 bits per heavy atom. The van der Waals surface area contributed by atoms with Gasteiger partial charge in [0.05, 0.1) is 11.5 Å². The van der Waals surface area contributed by atoms with Crippen molar-refractivity contribution in [2.24, 2.45) is 0 Å². The Labute approximate surface area is 170 Å². The van der Waals surface area contributed by atoms with Crippen LogP contribution in [-0.2, 0) is 26.1 Å². The van der Waals surface area contributed by atoms with Crippen LogP contribution in [0.15, 0.2) is 53.4 Å². The van der Waals surface area contributed by atoms with Gasteiger partial charge >= 0.3 is 5.97 Å². The Balaban J connectivity index is 2.20. The van der Waals surface area contributed by atoms with Crippen LogP contribution in [0.4, 0.5) is 0 Å². The number of carboxylic acids is 1. The monoisotopic (exact) mass is 420 g/mol. The summed E-state index contributed by atoms with van der Waals surface area (Å²) in [7, 11) is -2.25. The van der Waals surface area contributed by atoms with Crippen molar-refractivity contribution in [1.82, 2.24) is 9.62 Å². The van der Waals surface area contributed by atoms with Crippen LogP contribution in [0.1, 0.15) is 21.5 Å². The lowest BCUT2D eigenvalue weighted by atomic mass is 10.1. The third-order valence-electron chi connectivity index (χ3n) is 4.25. The largest absolute Gasteiger partial charge is 0.480 e. The molecule has 0 heterocycles. The molecule has 0 unspecified atom stereocenters. The number of methoxy groups -OCH3 is 1. The van der Waals surface area contributed by atoms with Crippen LogP contribution in [0, 0.1) is 6.92 Å². The Morgan fingerprint density at radius 2 is 1.76 bits per heavy atom. The van der Waals surface area contributed by atoms with E-state index in [-0.39, 0.29) is 30.2 Å². The van der Waals surface area contributed by atoms with Gasteiger partial charge in [-0.2, -0.15) is 0 Å². The fourth-order valence-electron chi connectivity index (χ4n) is 2.68. The zero-order chi connectivity index (χ0) is 21.4. The molecule has 1 amide bonds. The molecule has 2 rings (SSSR count). The first-order valence-electron chi connectivity index (χ1n) is 8.89. The number of carboxylic acid groups (broad SMARTS) is 1. The van der Waals surface area contributed by atoms with E-state index in [1.807, 2.05) is 31.2 Å². The molecular weight excluding hydrogens is 396 g/mol. The molecule has 156 valence electrons. The number of benzene rings is 2. The summed E-state index contributed by atoms with van der Waals surface area (Å²) in [4.78, 5) is 25.3. The highest BCUT2D eigenvalue weighted by molar-refractivity contribution is 7.89. The molecule has 0 radical (unpaired) electrons. The summed E-state index contributed by atoms with van der Waals surface area (Å²) in [6, 6.07) is 12.8. The maximum atomic E-state index is 12.8. The number of carbonyl (C=O) groups excluding carboxylic acids is 1. The van der Waals surface area contributed by atoms with E-state index >= 15 is 0 Å². The molecule has 0 saturated carbocycles. The van der Waals surface area contributed by atoms with Crippen LogP contribution in [-0.4, -0.2) is 57.1 Å². The van der Waals surface area contributed by atoms with E-state index in [4.69, 9.17) is 4.74 Å². The first-order valence-corrected chi connectivity index (χ1v) is 10.4. The van der Waals surface area contributed by atoms with Crippen molar-refractivity contribution < 1.29 is 27.9 Å². The average Bonchev–Trinajstić information content (AvgIpc) is 2.68. The van der Waals surface area contributed by atoms with Gasteiger partial charge in [-0.05, 0) is 42.3 Å². The minimum atomic E-state index is -3.72. The fraction of sp³-hybridized carbons (Fsp3) is 0.300. The third-order valence-corrected chi connectivity index (χ3v) is 5.72. The number of sulfonamides is 1. The van der Waals surface area contributed by atoms with Crippen molar-refractivity contribution in [3.05, 3.63) is 65.2 Å². The van der Waals surface area contributed by atoms with Crippen molar-refractivity contribution in [3.63, 3.8) is 0 Å². The van der Waals surface area contributed by atoms with Gasteiger partial charge in [-0.25, -0.2) is 13.1 Å². The predicted molar refractivity (Wildman–Crippen MR) is 107 cm³/mol. The van der Waals surface area contributed by atoms with Gasteiger partial charge in [0.1, 0.15) is 6.54 Å². The molecule has 0 aromatic heterocycles. The maximum absolute atomic E-state index is 12.8. The second-order valence-electron chi connectivity index (χ2n) is 6.40. The van der Waals surface area contributed by atoms with Gasteiger partial charge in [-0.15, -0.1) is 0 Å². The lowest BCUT2D eigenvalue weighted by molar-refractivity contribution is -0.137. The lowest BCUT2D eigenvalue weighted by Gasteiger charge is -2.22. The Morgan fingerprint density at radius 1 is 1.10 bits per heavy atom. The molecule has 9 heteroatoms. The molecule has 0 atom stereocenters. The normalized spacial score (nSPS) is 11.2. The number of nitrogens with one attached hydrogen (secondary N) is 1. The molecule has 0 aliphatic heterocycles. The predicted octanol–water partition coefficient (Wildman–Crippen LogP) is 1.65. The minimum Gasteiger partial charge on any atom is -0.480 e. The van der Waals surface area contributed by atoms with Crippen LogP contribution >= 0.6 is 0 Å². The number of hydrogen-bond acceptors (Lipinski definition) is 5. The molecule has 0 saturated heterocycles. The topological polar surface area (TPSA) is 113 Å². The molecule has 0 spiro atoms. The van der Waals surface area contributed by atoms with Crippen LogP contribution in [0.2, 0.25) is 0 Å². The average molecular weight is 420 g/mol. The molecule has 2 aromatic carbocycles.